The summed E-state index contributed by atoms with van der Waals surface area (Å²) in [7, 11) is 1.77. The lowest BCUT2D eigenvalue weighted by Crippen LogP contribution is -2.33. The molecule has 1 aliphatic rings. The molecule has 3 nitrogen and oxygen atoms in total. The lowest BCUT2D eigenvalue weighted by molar-refractivity contribution is 0.158. The van der Waals surface area contributed by atoms with E-state index in [9.17, 15) is 0 Å². The van der Waals surface area contributed by atoms with E-state index in [-0.39, 0.29) is 0 Å². The maximum Gasteiger partial charge on any atom is 0.0499 e. The van der Waals surface area contributed by atoms with Crippen LogP contribution < -0.4 is 5.32 Å². The number of hydrogen-bond donors (Lipinski definition) is 1. The van der Waals surface area contributed by atoms with Crippen LogP contribution in [0.2, 0.25) is 0 Å². The highest BCUT2D eigenvalue weighted by atomic mass is 16.5. The quantitative estimate of drug-likeness (QED) is 0.640. The molecule has 1 rings (SSSR count). The molecule has 0 spiro atoms. The van der Waals surface area contributed by atoms with Gasteiger partial charge in [-0.25, -0.2) is 0 Å². The van der Waals surface area contributed by atoms with Crippen molar-refractivity contribution in [1.29, 1.82) is 0 Å². The fourth-order valence-electron chi connectivity index (χ4n) is 2.30. The topological polar surface area (TPSA) is 24.5 Å². The number of hydrogen-bond acceptors (Lipinski definition) is 3. The number of likely N-dealkylation sites (tertiary alicyclic amines) is 1. The van der Waals surface area contributed by atoms with Crippen molar-refractivity contribution >= 4 is 0 Å². The van der Waals surface area contributed by atoms with Crippen molar-refractivity contribution in [2.45, 2.75) is 32.6 Å². The molecule has 1 aliphatic heterocycles. The second-order valence-corrected chi connectivity index (χ2v) is 5.02. The average molecular weight is 228 g/mol. The molecule has 1 saturated heterocycles. The fourth-order valence-corrected chi connectivity index (χ4v) is 2.30. The summed E-state index contributed by atoms with van der Waals surface area (Å²) in [6.07, 6.45) is 5.51. The van der Waals surface area contributed by atoms with Crippen molar-refractivity contribution in [3.63, 3.8) is 0 Å². The molecule has 0 aromatic heterocycles. The van der Waals surface area contributed by atoms with Crippen molar-refractivity contribution in [2.24, 2.45) is 5.92 Å². The average Bonchev–Trinajstić information content (AvgIpc) is 2.30. The number of nitrogens with zero attached hydrogens (tertiary/aromatic N) is 1. The molecule has 0 aromatic rings. The third-order valence-corrected chi connectivity index (χ3v) is 3.22. The number of methoxy groups -OCH3 is 1. The predicted molar refractivity (Wildman–Crippen MR) is 68.8 cm³/mol. The van der Waals surface area contributed by atoms with Gasteiger partial charge in [-0.05, 0) is 57.9 Å². The van der Waals surface area contributed by atoms with Gasteiger partial charge in [0.25, 0.3) is 0 Å². The van der Waals surface area contributed by atoms with Crippen molar-refractivity contribution in [3.05, 3.63) is 0 Å². The Morgan fingerprint density at radius 2 is 2.00 bits per heavy atom. The first kappa shape index (κ1) is 13.9. The minimum absolute atomic E-state index is 0.625. The minimum Gasteiger partial charge on any atom is -0.384 e. The monoisotopic (exact) mass is 228 g/mol. The molecule has 0 aromatic carbocycles. The molecule has 0 saturated carbocycles. The Bertz CT molecular complexity index is 158. The Kier molecular flexibility index (Phi) is 7.81. The molecule has 16 heavy (non-hydrogen) atoms. The van der Waals surface area contributed by atoms with E-state index in [0.29, 0.717) is 5.92 Å². The first-order valence-electron chi connectivity index (χ1n) is 6.75. The van der Waals surface area contributed by atoms with E-state index in [4.69, 9.17) is 4.74 Å². The predicted octanol–water partition coefficient (Wildman–Crippen LogP) is 1.73. The van der Waals surface area contributed by atoms with Crippen LogP contribution in [0.3, 0.4) is 0 Å². The van der Waals surface area contributed by atoms with Gasteiger partial charge in [-0.2, -0.15) is 0 Å². The molecule has 1 fully saturated rings. The van der Waals surface area contributed by atoms with Crippen molar-refractivity contribution < 1.29 is 4.74 Å². The number of ether oxygens (including phenoxy) is 1. The fraction of sp³-hybridized carbons (Fsp3) is 1.00. The van der Waals surface area contributed by atoms with Gasteiger partial charge in [-0.15, -0.1) is 0 Å². The molecular formula is C13H28N2O. The van der Waals surface area contributed by atoms with Crippen LogP contribution in [0.25, 0.3) is 0 Å². The van der Waals surface area contributed by atoms with Crippen LogP contribution in [0.1, 0.15) is 32.6 Å². The van der Waals surface area contributed by atoms with Crippen LogP contribution in [0.4, 0.5) is 0 Å². The van der Waals surface area contributed by atoms with Gasteiger partial charge in [0.1, 0.15) is 0 Å². The summed E-state index contributed by atoms with van der Waals surface area (Å²) in [4.78, 5) is 2.60. The van der Waals surface area contributed by atoms with Crippen molar-refractivity contribution in [2.75, 3.05) is 46.4 Å². The van der Waals surface area contributed by atoms with Crippen LogP contribution in [0.15, 0.2) is 0 Å². The molecule has 1 heterocycles. The zero-order valence-corrected chi connectivity index (χ0v) is 11.0. The van der Waals surface area contributed by atoms with Crippen LogP contribution in [-0.2, 0) is 4.74 Å². The SMILES string of the molecule is COCC(C)CNCCCN1CCCCC1. The summed E-state index contributed by atoms with van der Waals surface area (Å²) in [6, 6.07) is 0. The summed E-state index contributed by atoms with van der Waals surface area (Å²) in [6.45, 7) is 9.21. The minimum atomic E-state index is 0.625. The number of piperidine rings is 1. The van der Waals surface area contributed by atoms with Gasteiger partial charge in [-0.1, -0.05) is 13.3 Å². The third-order valence-electron chi connectivity index (χ3n) is 3.22. The highest BCUT2D eigenvalue weighted by Crippen LogP contribution is 2.08. The van der Waals surface area contributed by atoms with Crippen LogP contribution in [0, 0.1) is 5.92 Å². The van der Waals surface area contributed by atoms with Gasteiger partial charge in [0.2, 0.25) is 0 Å². The van der Waals surface area contributed by atoms with E-state index in [0.717, 1.165) is 19.7 Å². The largest absolute Gasteiger partial charge is 0.384 e. The second kappa shape index (κ2) is 8.97. The van der Waals surface area contributed by atoms with Gasteiger partial charge < -0.3 is 15.0 Å². The van der Waals surface area contributed by atoms with Crippen molar-refractivity contribution in [1.82, 2.24) is 10.2 Å². The highest BCUT2D eigenvalue weighted by Gasteiger charge is 2.08. The maximum absolute atomic E-state index is 5.11. The van der Waals surface area contributed by atoms with Gasteiger partial charge in [0.05, 0.1) is 0 Å². The zero-order chi connectivity index (χ0) is 11.6. The molecule has 3 heteroatoms. The van der Waals surface area contributed by atoms with Gasteiger partial charge in [0, 0.05) is 13.7 Å². The first-order chi connectivity index (χ1) is 7.83. The highest BCUT2D eigenvalue weighted by molar-refractivity contribution is 4.65. The number of nitrogens with one attached hydrogen (secondary N) is 1. The maximum atomic E-state index is 5.11. The summed E-state index contributed by atoms with van der Waals surface area (Å²) in [5.74, 6) is 0.625. The molecule has 1 unspecified atom stereocenters. The van der Waals surface area contributed by atoms with Gasteiger partial charge >= 0.3 is 0 Å². The molecule has 96 valence electrons. The Labute approximate surface area is 101 Å². The normalized spacial score (nSPS) is 19.9. The lowest BCUT2D eigenvalue weighted by atomic mass is 10.1. The van der Waals surface area contributed by atoms with E-state index in [2.05, 4.69) is 17.1 Å². The summed E-state index contributed by atoms with van der Waals surface area (Å²) >= 11 is 0. The molecule has 1 atom stereocenters. The molecule has 0 aliphatic carbocycles. The van der Waals surface area contributed by atoms with Crippen LogP contribution in [0.5, 0.6) is 0 Å². The first-order valence-corrected chi connectivity index (χ1v) is 6.75. The third kappa shape index (κ3) is 6.46. The van der Waals surface area contributed by atoms with E-state index in [1.165, 1.54) is 45.3 Å². The summed E-state index contributed by atoms with van der Waals surface area (Å²) in [5.41, 5.74) is 0. The van der Waals surface area contributed by atoms with Crippen LogP contribution in [-0.4, -0.2) is 51.3 Å². The van der Waals surface area contributed by atoms with Crippen molar-refractivity contribution in [3.8, 4) is 0 Å². The molecular weight excluding hydrogens is 200 g/mol. The molecule has 0 radical (unpaired) electrons. The van der Waals surface area contributed by atoms with Gasteiger partial charge in [-0.3, -0.25) is 0 Å². The summed E-state index contributed by atoms with van der Waals surface area (Å²) in [5, 5.41) is 3.50. The van der Waals surface area contributed by atoms with Crippen LogP contribution >= 0.6 is 0 Å². The smallest absolute Gasteiger partial charge is 0.0499 e. The lowest BCUT2D eigenvalue weighted by Gasteiger charge is -2.26. The van der Waals surface area contributed by atoms with Gasteiger partial charge in [0.15, 0.2) is 0 Å². The second-order valence-electron chi connectivity index (χ2n) is 5.02. The Hall–Kier alpha value is -0.120. The zero-order valence-electron chi connectivity index (χ0n) is 11.0. The molecule has 0 amide bonds. The standard InChI is InChI=1S/C13H28N2O/c1-13(12-16-2)11-14-7-6-10-15-8-4-3-5-9-15/h13-14H,3-12H2,1-2H3. The Morgan fingerprint density at radius 3 is 2.69 bits per heavy atom. The number of rotatable bonds is 8. The molecule has 0 bridgehead atoms. The summed E-state index contributed by atoms with van der Waals surface area (Å²) < 4.78 is 5.11. The van der Waals surface area contributed by atoms with E-state index >= 15 is 0 Å². The van der Waals surface area contributed by atoms with E-state index < -0.39 is 0 Å². The van der Waals surface area contributed by atoms with E-state index in [1.54, 1.807) is 7.11 Å². The molecule has 1 N–H and O–H groups in total. The Morgan fingerprint density at radius 1 is 1.25 bits per heavy atom. The van der Waals surface area contributed by atoms with E-state index in [1.807, 2.05) is 0 Å². The Balaban J connectivity index is 1.87.